The molecule has 1 aromatic rings. The van der Waals surface area contributed by atoms with Crippen LogP contribution in [0.2, 0.25) is 4.34 Å². The summed E-state index contributed by atoms with van der Waals surface area (Å²) in [6, 6.07) is 3.71. The summed E-state index contributed by atoms with van der Waals surface area (Å²) in [5.74, 6) is 0.155. The fraction of sp³-hybridized carbons (Fsp3) is 0.286. The van der Waals surface area contributed by atoms with Gasteiger partial charge in [-0.15, -0.1) is 11.3 Å². The molecule has 1 N–H and O–H groups in total. The van der Waals surface area contributed by atoms with Crippen LogP contribution in [0.4, 0.5) is 0 Å². The van der Waals surface area contributed by atoms with Crippen molar-refractivity contribution in [1.29, 1.82) is 0 Å². The average Bonchev–Trinajstić information content (AvgIpc) is 2.47. The van der Waals surface area contributed by atoms with Gasteiger partial charge >= 0.3 is 0 Å². The predicted octanol–water partition coefficient (Wildman–Crippen LogP) is 1.95. The molecule has 0 radical (unpaired) electrons. The first kappa shape index (κ1) is 9.89. The zero-order valence-corrected chi connectivity index (χ0v) is 8.68. The van der Waals surface area contributed by atoms with Gasteiger partial charge in [0.25, 0.3) is 0 Å². The molecule has 1 rings (SSSR count). The van der Waals surface area contributed by atoms with Crippen LogP contribution in [0, 0.1) is 0 Å². The van der Waals surface area contributed by atoms with Crippen LogP contribution in [0.3, 0.4) is 0 Å². The number of carbonyl (C=O) groups is 1. The summed E-state index contributed by atoms with van der Waals surface area (Å²) >= 11 is 11.0. The van der Waals surface area contributed by atoms with E-state index >= 15 is 0 Å². The van der Waals surface area contributed by atoms with E-state index < -0.39 is 0 Å². The predicted molar refractivity (Wildman–Crippen MR) is 55.0 cm³/mol. The molecule has 0 aliphatic heterocycles. The van der Waals surface area contributed by atoms with E-state index in [1.807, 2.05) is 12.1 Å². The van der Waals surface area contributed by atoms with Gasteiger partial charge in [-0.05, 0) is 12.1 Å². The number of nitrogens with one attached hydrogen (secondary N) is 1. The highest BCUT2D eigenvalue weighted by Gasteiger charge is 1.99. The zero-order valence-electron chi connectivity index (χ0n) is 6.21. The van der Waals surface area contributed by atoms with Crippen molar-refractivity contribution in [3.05, 3.63) is 21.3 Å². The molecule has 1 amide bonds. The molecule has 0 aliphatic rings. The van der Waals surface area contributed by atoms with E-state index in [-0.39, 0.29) is 11.7 Å². The van der Waals surface area contributed by atoms with Crippen LogP contribution in [-0.4, -0.2) is 11.7 Å². The third kappa shape index (κ3) is 3.05. The van der Waals surface area contributed by atoms with Gasteiger partial charge in [0.15, 0.2) is 0 Å². The van der Waals surface area contributed by atoms with Crippen LogP contribution < -0.4 is 5.32 Å². The van der Waals surface area contributed by atoms with Crippen molar-refractivity contribution < 1.29 is 4.79 Å². The van der Waals surface area contributed by atoms with Crippen molar-refractivity contribution in [3.63, 3.8) is 0 Å². The van der Waals surface area contributed by atoms with E-state index in [4.69, 9.17) is 11.6 Å². The molecule has 0 unspecified atom stereocenters. The maximum absolute atomic E-state index is 10.8. The topological polar surface area (TPSA) is 29.1 Å². The molecular weight excluding hydrogens is 214 g/mol. The molecule has 0 aromatic carbocycles. The number of carbonyl (C=O) groups excluding carboxylic acids is 1. The first-order valence-corrected chi connectivity index (χ1v) is 5.17. The van der Waals surface area contributed by atoms with Crippen molar-refractivity contribution in [2.75, 3.05) is 5.75 Å². The maximum Gasteiger partial charge on any atom is 0.230 e. The lowest BCUT2D eigenvalue weighted by Crippen LogP contribution is -2.23. The van der Waals surface area contributed by atoms with Gasteiger partial charge in [0.2, 0.25) is 5.91 Å². The summed E-state index contributed by atoms with van der Waals surface area (Å²) in [6.07, 6.45) is 0. The van der Waals surface area contributed by atoms with Gasteiger partial charge < -0.3 is 5.32 Å². The van der Waals surface area contributed by atoms with Gasteiger partial charge in [0, 0.05) is 4.88 Å². The first-order valence-electron chi connectivity index (χ1n) is 3.34. The van der Waals surface area contributed by atoms with Crippen molar-refractivity contribution in [2.24, 2.45) is 0 Å². The molecule has 66 valence electrons. The Hall–Kier alpha value is -0.190. The van der Waals surface area contributed by atoms with Gasteiger partial charge in [-0.3, -0.25) is 4.79 Å². The van der Waals surface area contributed by atoms with Crippen LogP contribution in [-0.2, 0) is 11.3 Å². The molecule has 0 aliphatic carbocycles. The molecule has 0 saturated heterocycles. The van der Waals surface area contributed by atoms with Gasteiger partial charge in [0.1, 0.15) is 0 Å². The van der Waals surface area contributed by atoms with E-state index in [1.54, 1.807) is 0 Å². The highest BCUT2D eigenvalue weighted by molar-refractivity contribution is 7.81. The maximum atomic E-state index is 10.8. The van der Waals surface area contributed by atoms with E-state index in [2.05, 4.69) is 17.9 Å². The molecule has 1 aromatic heterocycles. The minimum atomic E-state index is -0.0668. The number of hydrogen-bond acceptors (Lipinski definition) is 3. The largest absolute Gasteiger partial charge is 0.351 e. The van der Waals surface area contributed by atoms with E-state index in [1.165, 1.54) is 11.3 Å². The lowest BCUT2D eigenvalue weighted by Gasteiger charge is -1.98. The van der Waals surface area contributed by atoms with E-state index in [0.717, 1.165) is 9.21 Å². The molecule has 2 nitrogen and oxygen atoms in total. The SMILES string of the molecule is O=C(CS)NCc1ccc(Cl)s1. The molecule has 1 heterocycles. The number of amides is 1. The van der Waals surface area contributed by atoms with E-state index in [0.29, 0.717) is 6.54 Å². The van der Waals surface area contributed by atoms with Gasteiger partial charge in [-0.2, -0.15) is 12.6 Å². The molecule has 12 heavy (non-hydrogen) atoms. The Labute approximate surface area is 85.3 Å². The molecular formula is C7H8ClNOS2. The van der Waals surface area contributed by atoms with Crippen molar-refractivity contribution in [3.8, 4) is 0 Å². The van der Waals surface area contributed by atoms with Crippen molar-refractivity contribution >= 4 is 41.5 Å². The Kier molecular flexibility index (Phi) is 3.91. The minimum Gasteiger partial charge on any atom is -0.351 e. The third-order valence-electron chi connectivity index (χ3n) is 1.23. The normalized spacial score (nSPS) is 9.83. The second-order valence-electron chi connectivity index (χ2n) is 2.14. The lowest BCUT2D eigenvalue weighted by molar-refractivity contribution is -0.118. The first-order chi connectivity index (χ1) is 5.72. The van der Waals surface area contributed by atoms with Gasteiger partial charge in [-0.25, -0.2) is 0 Å². The quantitative estimate of drug-likeness (QED) is 0.751. The second kappa shape index (κ2) is 4.74. The number of rotatable bonds is 3. The summed E-state index contributed by atoms with van der Waals surface area (Å²) in [5.41, 5.74) is 0. The third-order valence-corrected chi connectivity index (χ3v) is 2.75. The fourth-order valence-corrected chi connectivity index (χ4v) is 1.83. The van der Waals surface area contributed by atoms with Crippen molar-refractivity contribution in [2.45, 2.75) is 6.54 Å². The Bertz CT molecular complexity index is 274. The fourth-order valence-electron chi connectivity index (χ4n) is 0.688. The molecule has 0 saturated carbocycles. The van der Waals surface area contributed by atoms with E-state index in [9.17, 15) is 4.79 Å². The number of halogens is 1. The number of hydrogen-bond donors (Lipinski definition) is 2. The lowest BCUT2D eigenvalue weighted by atomic mass is 10.4. The summed E-state index contributed by atoms with van der Waals surface area (Å²) in [7, 11) is 0. The summed E-state index contributed by atoms with van der Waals surface area (Å²) in [6.45, 7) is 0.538. The average molecular weight is 222 g/mol. The Morgan fingerprint density at radius 1 is 1.67 bits per heavy atom. The highest BCUT2D eigenvalue weighted by atomic mass is 35.5. The second-order valence-corrected chi connectivity index (χ2v) is 4.26. The summed E-state index contributed by atoms with van der Waals surface area (Å²) in [5, 5.41) is 2.70. The zero-order chi connectivity index (χ0) is 8.97. The standard InChI is InChI=1S/C7H8ClNOS2/c8-6-2-1-5(12-6)3-9-7(10)4-11/h1-2,11H,3-4H2,(H,9,10). The molecule has 0 bridgehead atoms. The van der Waals surface area contributed by atoms with Crippen LogP contribution in [0.5, 0.6) is 0 Å². The van der Waals surface area contributed by atoms with Crippen LogP contribution in [0.1, 0.15) is 4.88 Å². The Morgan fingerprint density at radius 3 is 2.92 bits per heavy atom. The molecule has 0 atom stereocenters. The summed E-state index contributed by atoms with van der Waals surface area (Å²) < 4.78 is 0.741. The molecule has 0 fully saturated rings. The van der Waals surface area contributed by atoms with Gasteiger partial charge in [0.05, 0.1) is 16.6 Å². The van der Waals surface area contributed by atoms with Crippen LogP contribution in [0.15, 0.2) is 12.1 Å². The minimum absolute atomic E-state index is 0.0668. The summed E-state index contributed by atoms with van der Waals surface area (Å²) in [4.78, 5) is 11.8. The molecule has 0 spiro atoms. The van der Waals surface area contributed by atoms with Crippen LogP contribution in [0.25, 0.3) is 0 Å². The Morgan fingerprint density at radius 2 is 2.42 bits per heavy atom. The Balaban J connectivity index is 2.38. The number of thiol groups is 1. The highest BCUT2D eigenvalue weighted by Crippen LogP contribution is 2.20. The molecule has 5 heteroatoms. The van der Waals surface area contributed by atoms with Gasteiger partial charge in [-0.1, -0.05) is 11.6 Å². The monoisotopic (exact) mass is 221 g/mol. The van der Waals surface area contributed by atoms with Crippen molar-refractivity contribution in [1.82, 2.24) is 5.32 Å². The smallest absolute Gasteiger partial charge is 0.230 e. The number of thiophene rings is 1. The van der Waals surface area contributed by atoms with Crippen LogP contribution >= 0.6 is 35.6 Å².